The van der Waals surface area contributed by atoms with Crippen LogP contribution in [0.15, 0.2) is 12.5 Å². The summed E-state index contributed by atoms with van der Waals surface area (Å²) in [7, 11) is 0. The first-order chi connectivity index (χ1) is 9.75. The zero-order valence-corrected chi connectivity index (χ0v) is 11.7. The second-order valence-electron chi connectivity index (χ2n) is 5.76. The highest BCUT2D eigenvalue weighted by Gasteiger charge is 2.33. The number of aromatic nitrogens is 2. The molecule has 6 nitrogen and oxygen atoms in total. The fourth-order valence-corrected chi connectivity index (χ4v) is 3.53. The van der Waals surface area contributed by atoms with Crippen molar-refractivity contribution >= 4 is 5.97 Å². The average Bonchev–Trinajstić information content (AvgIpc) is 3.12. The largest absolute Gasteiger partial charge is 0.480 e. The third-order valence-electron chi connectivity index (χ3n) is 4.60. The second-order valence-corrected chi connectivity index (χ2v) is 5.76. The van der Waals surface area contributed by atoms with Gasteiger partial charge in [-0.05, 0) is 12.8 Å². The van der Waals surface area contributed by atoms with Crippen LogP contribution in [0.5, 0.6) is 0 Å². The van der Waals surface area contributed by atoms with E-state index < -0.39 is 12.0 Å². The topological polar surface area (TPSA) is 72.5 Å². The van der Waals surface area contributed by atoms with Crippen molar-refractivity contribution in [1.29, 1.82) is 0 Å². The summed E-state index contributed by atoms with van der Waals surface area (Å²) >= 11 is 0. The number of carboxylic acids is 1. The predicted octanol–water partition coefficient (Wildman–Crippen LogP) is 1.10. The van der Waals surface area contributed by atoms with E-state index in [-0.39, 0.29) is 0 Å². The van der Waals surface area contributed by atoms with Crippen LogP contribution in [0, 0.1) is 0 Å². The summed E-state index contributed by atoms with van der Waals surface area (Å²) in [5, 5.41) is 9.47. The van der Waals surface area contributed by atoms with Crippen LogP contribution in [-0.4, -0.2) is 63.1 Å². The van der Waals surface area contributed by atoms with Crippen LogP contribution in [-0.2, 0) is 4.79 Å². The van der Waals surface area contributed by atoms with E-state index in [1.165, 1.54) is 25.7 Å². The number of piperazine rings is 1. The van der Waals surface area contributed by atoms with Gasteiger partial charge >= 0.3 is 5.97 Å². The van der Waals surface area contributed by atoms with Crippen molar-refractivity contribution < 1.29 is 9.90 Å². The molecule has 110 valence electrons. The molecule has 1 atom stereocenters. The van der Waals surface area contributed by atoms with Gasteiger partial charge in [-0.3, -0.25) is 14.6 Å². The molecule has 0 aromatic carbocycles. The number of aliphatic carboxylic acids is 1. The molecule has 1 aromatic rings. The predicted molar refractivity (Wildman–Crippen MR) is 74.4 cm³/mol. The Morgan fingerprint density at radius 1 is 1.30 bits per heavy atom. The zero-order valence-electron chi connectivity index (χ0n) is 11.7. The molecule has 2 heterocycles. The van der Waals surface area contributed by atoms with E-state index in [2.05, 4.69) is 14.9 Å². The third kappa shape index (κ3) is 2.71. The molecule has 1 aromatic heterocycles. The number of hydrogen-bond donors (Lipinski definition) is 2. The van der Waals surface area contributed by atoms with Crippen molar-refractivity contribution in [1.82, 2.24) is 19.8 Å². The number of carboxylic acid groups (broad SMARTS) is 1. The van der Waals surface area contributed by atoms with Crippen LogP contribution in [0.2, 0.25) is 0 Å². The molecule has 0 bridgehead atoms. The maximum atomic E-state index is 11.5. The Morgan fingerprint density at radius 2 is 2.00 bits per heavy atom. The molecule has 1 saturated carbocycles. The summed E-state index contributed by atoms with van der Waals surface area (Å²) in [5.74, 6) is -0.802. The number of nitrogens with one attached hydrogen (secondary N) is 1. The number of hydrogen-bond acceptors (Lipinski definition) is 4. The van der Waals surface area contributed by atoms with Crippen molar-refractivity contribution in [2.24, 2.45) is 0 Å². The zero-order chi connectivity index (χ0) is 13.9. The molecule has 2 aliphatic rings. The van der Waals surface area contributed by atoms with Crippen LogP contribution in [0.25, 0.3) is 0 Å². The molecule has 0 amide bonds. The van der Waals surface area contributed by atoms with Crippen LogP contribution < -0.4 is 0 Å². The molecule has 1 aliphatic heterocycles. The average molecular weight is 278 g/mol. The Kier molecular flexibility index (Phi) is 4.03. The summed E-state index contributed by atoms with van der Waals surface area (Å²) in [6.45, 7) is 3.57. The Balaban J connectivity index is 1.62. The minimum Gasteiger partial charge on any atom is -0.480 e. The van der Waals surface area contributed by atoms with E-state index in [1.807, 2.05) is 4.90 Å². The second kappa shape index (κ2) is 5.93. The quantitative estimate of drug-likeness (QED) is 0.862. The molecule has 20 heavy (non-hydrogen) atoms. The van der Waals surface area contributed by atoms with E-state index in [0.29, 0.717) is 5.69 Å². The molecule has 1 unspecified atom stereocenters. The highest BCUT2D eigenvalue weighted by Crippen LogP contribution is 2.26. The fraction of sp³-hybridized carbons (Fsp3) is 0.714. The molecule has 2 fully saturated rings. The van der Waals surface area contributed by atoms with E-state index in [0.717, 1.165) is 32.2 Å². The third-order valence-corrected chi connectivity index (χ3v) is 4.60. The summed E-state index contributed by atoms with van der Waals surface area (Å²) in [5.41, 5.74) is 0.673. The number of rotatable bonds is 4. The van der Waals surface area contributed by atoms with Crippen molar-refractivity contribution in [3.63, 3.8) is 0 Å². The SMILES string of the molecule is O=C(O)C(c1cnc[nH]1)N1CCN(C2CCCC2)CC1. The minimum absolute atomic E-state index is 0.594. The van der Waals surface area contributed by atoms with Crippen molar-refractivity contribution in [3.05, 3.63) is 18.2 Å². The van der Waals surface area contributed by atoms with Crippen LogP contribution in [0.1, 0.15) is 37.4 Å². The standard InChI is InChI=1S/C14H22N4O2/c19-14(20)13(12-9-15-10-16-12)18-7-5-17(6-8-18)11-3-1-2-4-11/h9-11,13H,1-8H2,(H,15,16)(H,19,20). The number of aromatic amines is 1. The first kappa shape index (κ1) is 13.6. The van der Waals surface area contributed by atoms with E-state index in [1.54, 1.807) is 12.5 Å². The molecule has 1 saturated heterocycles. The first-order valence-corrected chi connectivity index (χ1v) is 7.45. The molecule has 6 heteroatoms. The van der Waals surface area contributed by atoms with Gasteiger partial charge in [0.25, 0.3) is 0 Å². The summed E-state index contributed by atoms with van der Waals surface area (Å²) in [6.07, 6.45) is 8.46. The number of imidazole rings is 1. The molecule has 0 spiro atoms. The Hall–Kier alpha value is -1.40. The lowest BCUT2D eigenvalue weighted by Crippen LogP contribution is -2.51. The van der Waals surface area contributed by atoms with E-state index in [4.69, 9.17) is 0 Å². The Morgan fingerprint density at radius 3 is 2.55 bits per heavy atom. The fourth-order valence-electron chi connectivity index (χ4n) is 3.53. The lowest BCUT2D eigenvalue weighted by Gasteiger charge is -2.40. The summed E-state index contributed by atoms with van der Waals surface area (Å²) in [6, 6.07) is 0.135. The Bertz CT molecular complexity index is 434. The number of nitrogens with zero attached hydrogens (tertiary/aromatic N) is 3. The van der Waals surface area contributed by atoms with Gasteiger partial charge < -0.3 is 10.1 Å². The van der Waals surface area contributed by atoms with Gasteiger partial charge in [0.15, 0.2) is 6.04 Å². The van der Waals surface area contributed by atoms with E-state index in [9.17, 15) is 9.90 Å². The molecule has 2 N–H and O–H groups in total. The van der Waals surface area contributed by atoms with Crippen molar-refractivity contribution in [3.8, 4) is 0 Å². The van der Waals surface area contributed by atoms with E-state index >= 15 is 0 Å². The lowest BCUT2D eigenvalue weighted by atomic mass is 10.1. The van der Waals surface area contributed by atoms with Gasteiger partial charge in [0.1, 0.15) is 0 Å². The van der Waals surface area contributed by atoms with Gasteiger partial charge in [-0.25, -0.2) is 4.98 Å². The number of H-pyrrole nitrogens is 1. The lowest BCUT2D eigenvalue weighted by molar-refractivity contribution is -0.144. The highest BCUT2D eigenvalue weighted by atomic mass is 16.4. The van der Waals surface area contributed by atoms with Crippen molar-refractivity contribution in [2.45, 2.75) is 37.8 Å². The van der Waals surface area contributed by atoms with Gasteiger partial charge in [-0.1, -0.05) is 12.8 Å². The van der Waals surface area contributed by atoms with Gasteiger partial charge in [0.05, 0.1) is 18.2 Å². The smallest absolute Gasteiger partial charge is 0.327 e. The first-order valence-electron chi connectivity index (χ1n) is 7.45. The molecule has 3 rings (SSSR count). The Labute approximate surface area is 118 Å². The van der Waals surface area contributed by atoms with Crippen LogP contribution >= 0.6 is 0 Å². The monoisotopic (exact) mass is 278 g/mol. The summed E-state index contributed by atoms with van der Waals surface area (Å²) < 4.78 is 0. The normalized spacial score (nSPS) is 24.0. The maximum Gasteiger partial charge on any atom is 0.327 e. The van der Waals surface area contributed by atoms with Crippen LogP contribution in [0.3, 0.4) is 0 Å². The number of carbonyl (C=O) groups is 1. The highest BCUT2D eigenvalue weighted by molar-refractivity contribution is 5.74. The van der Waals surface area contributed by atoms with Gasteiger partial charge in [0.2, 0.25) is 0 Å². The maximum absolute atomic E-state index is 11.5. The van der Waals surface area contributed by atoms with Crippen molar-refractivity contribution in [2.75, 3.05) is 26.2 Å². The van der Waals surface area contributed by atoms with Gasteiger partial charge in [-0.2, -0.15) is 0 Å². The van der Waals surface area contributed by atoms with Gasteiger partial charge in [-0.15, -0.1) is 0 Å². The van der Waals surface area contributed by atoms with Gasteiger partial charge in [0, 0.05) is 32.2 Å². The molecular formula is C14H22N4O2. The van der Waals surface area contributed by atoms with Crippen LogP contribution in [0.4, 0.5) is 0 Å². The minimum atomic E-state index is -0.802. The molecule has 0 radical (unpaired) electrons. The molecular weight excluding hydrogens is 256 g/mol. The summed E-state index contributed by atoms with van der Waals surface area (Å²) in [4.78, 5) is 23.0. The molecule has 1 aliphatic carbocycles.